The standard InChI is InChI=1S/C17H24N4O2/c1-10(2)15-6-16(23-21-15)17(22)20-9-14-11(3)19-8-12-7-18-5-4-13(12)14/h8,10,16,18H,4-7,9H2,1-3H3,(H,20,22)/t16-/m1/s1. The molecule has 0 bridgehead atoms. The predicted octanol–water partition coefficient (Wildman–Crippen LogP) is 1.45. The average molecular weight is 316 g/mol. The van der Waals surface area contributed by atoms with Crippen molar-refractivity contribution in [3.63, 3.8) is 0 Å². The first-order valence-electron chi connectivity index (χ1n) is 8.23. The zero-order chi connectivity index (χ0) is 16.4. The maximum atomic E-state index is 12.3. The zero-order valence-corrected chi connectivity index (χ0v) is 14.0. The van der Waals surface area contributed by atoms with E-state index in [1.165, 1.54) is 11.1 Å². The van der Waals surface area contributed by atoms with Crippen molar-refractivity contribution in [3.8, 4) is 0 Å². The van der Waals surface area contributed by atoms with Gasteiger partial charge in [-0.25, -0.2) is 0 Å². The quantitative estimate of drug-likeness (QED) is 0.881. The van der Waals surface area contributed by atoms with E-state index < -0.39 is 6.10 Å². The van der Waals surface area contributed by atoms with Crippen LogP contribution in [0.3, 0.4) is 0 Å². The van der Waals surface area contributed by atoms with Gasteiger partial charge in [0.2, 0.25) is 6.10 Å². The van der Waals surface area contributed by atoms with Crippen LogP contribution < -0.4 is 10.6 Å². The maximum absolute atomic E-state index is 12.3. The molecule has 0 fully saturated rings. The number of nitrogens with one attached hydrogen (secondary N) is 2. The molecule has 0 aliphatic carbocycles. The van der Waals surface area contributed by atoms with Crippen molar-refractivity contribution in [2.24, 2.45) is 11.1 Å². The maximum Gasteiger partial charge on any atom is 0.264 e. The Hall–Kier alpha value is -1.95. The Kier molecular flexibility index (Phi) is 4.61. The highest BCUT2D eigenvalue weighted by atomic mass is 16.6. The van der Waals surface area contributed by atoms with Crippen LogP contribution in [-0.4, -0.2) is 29.3 Å². The molecule has 0 radical (unpaired) electrons. The smallest absolute Gasteiger partial charge is 0.264 e. The summed E-state index contributed by atoms with van der Waals surface area (Å²) >= 11 is 0. The number of pyridine rings is 1. The molecule has 124 valence electrons. The summed E-state index contributed by atoms with van der Waals surface area (Å²) in [5.41, 5.74) is 5.63. The molecule has 0 spiro atoms. The van der Waals surface area contributed by atoms with E-state index in [0.717, 1.165) is 36.5 Å². The van der Waals surface area contributed by atoms with E-state index in [2.05, 4.69) is 34.6 Å². The first-order valence-corrected chi connectivity index (χ1v) is 8.23. The second-order valence-electron chi connectivity index (χ2n) is 6.51. The molecule has 23 heavy (non-hydrogen) atoms. The van der Waals surface area contributed by atoms with Gasteiger partial charge in [0.05, 0.1) is 5.71 Å². The molecule has 0 saturated heterocycles. The third kappa shape index (κ3) is 3.37. The topological polar surface area (TPSA) is 75.6 Å². The number of nitrogens with zero attached hydrogens (tertiary/aromatic N) is 2. The van der Waals surface area contributed by atoms with E-state index in [0.29, 0.717) is 18.9 Å². The minimum atomic E-state index is -0.498. The van der Waals surface area contributed by atoms with Gasteiger partial charge < -0.3 is 15.5 Å². The molecule has 3 rings (SSSR count). The van der Waals surface area contributed by atoms with Crippen molar-refractivity contribution < 1.29 is 9.63 Å². The van der Waals surface area contributed by atoms with Crippen molar-refractivity contribution >= 4 is 11.6 Å². The SMILES string of the molecule is Cc1ncc2c(c1CNC(=O)[C@H]1CC(C(C)C)=NO1)CCNC2. The lowest BCUT2D eigenvalue weighted by Gasteiger charge is -2.22. The van der Waals surface area contributed by atoms with Crippen LogP contribution in [0.15, 0.2) is 11.4 Å². The molecule has 3 heterocycles. The van der Waals surface area contributed by atoms with Gasteiger partial charge in [0.25, 0.3) is 5.91 Å². The molecule has 0 aromatic carbocycles. The van der Waals surface area contributed by atoms with Crippen LogP contribution in [0.2, 0.25) is 0 Å². The summed E-state index contributed by atoms with van der Waals surface area (Å²) in [7, 11) is 0. The number of carbonyl (C=O) groups excluding carboxylic acids is 1. The van der Waals surface area contributed by atoms with E-state index in [1.54, 1.807) is 0 Å². The Balaban J connectivity index is 1.64. The monoisotopic (exact) mass is 316 g/mol. The number of aromatic nitrogens is 1. The number of amides is 1. The van der Waals surface area contributed by atoms with Gasteiger partial charge in [0.15, 0.2) is 0 Å². The fourth-order valence-corrected chi connectivity index (χ4v) is 3.04. The van der Waals surface area contributed by atoms with Crippen LogP contribution in [0.4, 0.5) is 0 Å². The minimum Gasteiger partial charge on any atom is -0.382 e. The first kappa shape index (κ1) is 15.9. The molecule has 2 aliphatic rings. The lowest BCUT2D eigenvalue weighted by Crippen LogP contribution is -2.35. The third-order valence-electron chi connectivity index (χ3n) is 4.56. The average Bonchev–Trinajstić information content (AvgIpc) is 3.04. The molecular weight excluding hydrogens is 292 g/mol. The van der Waals surface area contributed by atoms with Crippen LogP contribution in [0, 0.1) is 12.8 Å². The Morgan fingerprint density at radius 2 is 2.35 bits per heavy atom. The van der Waals surface area contributed by atoms with Crippen LogP contribution >= 0.6 is 0 Å². The van der Waals surface area contributed by atoms with Gasteiger partial charge in [-0.15, -0.1) is 0 Å². The molecule has 2 N–H and O–H groups in total. The fraction of sp³-hybridized carbons (Fsp3) is 0.588. The van der Waals surface area contributed by atoms with Gasteiger partial charge in [-0.3, -0.25) is 9.78 Å². The van der Waals surface area contributed by atoms with Crippen LogP contribution in [0.25, 0.3) is 0 Å². The highest BCUT2D eigenvalue weighted by Crippen LogP contribution is 2.21. The molecule has 2 aliphatic heterocycles. The molecule has 0 saturated carbocycles. The summed E-state index contributed by atoms with van der Waals surface area (Å²) in [6, 6.07) is 0. The number of fused-ring (bicyclic) bond motifs is 1. The number of hydrogen-bond donors (Lipinski definition) is 2. The molecule has 6 nitrogen and oxygen atoms in total. The molecule has 1 aromatic rings. The molecule has 6 heteroatoms. The van der Waals surface area contributed by atoms with Crippen molar-refractivity contribution in [2.45, 2.75) is 52.8 Å². The van der Waals surface area contributed by atoms with Crippen LogP contribution in [0.5, 0.6) is 0 Å². The normalized spacial score (nSPS) is 20.0. The zero-order valence-electron chi connectivity index (χ0n) is 14.0. The highest BCUT2D eigenvalue weighted by Gasteiger charge is 2.29. The molecule has 1 aromatic heterocycles. The van der Waals surface area contributed by atoms with E-state index in [9.17, 15) is 4.79 Å². The second kappa shape index (κ2) is 6.66. The van der Waals surface area contributed by atoms with E-state index >= 15 is 0 Å². The van der Waals surface area contributed by atoms with Gasteiger partial charge in [-0.1, -0.05) is 19.0 Å². The summed E-state index contributed by atoms with van der Waals surface area (Å²) in [4.78, 5) is 22.1. The Morgan fingerprint density at radius 1 is 1.52 bits per heavy atom. The lowest BCUT2D eigenvalue weighted by molar-refractivity contribution is -0.131. The summed E-state index contributed by atoms with van der Waals surface area (Å²) in [5, 5.41) is 10.4. The van der Waals surface area contributed by atoms with Gasteiger partial charge in [0.1, 0.15) is 0 Å². The summed E-state index contributed by atoms with van der Waals surface area (Å²) in [6.07, 6.45) is 2.99. The number of oxime groups is 1. The molecule has 1 atom stereocenters. The van der Waals surface area contributed by atoms with Crippen molar-refractivity contribution in [3.05, 3.63) is 28.6 Å². The number of rotatable bonds is 4. The van der Waals surface area contributed by atoms with E-state index in [1.807, 2.05) is 13.1 Å². The highest BCUT2D eigenvalue weighted by molar-refractivity contribution is 5.93. The van der Waals surface area contributed by atoms with Gasteiger partial charge >= 0.3 is 0 Å². The Labute approximate surface area is 136 Å². The van der Waals surface area contributed by atoms with Gasteiger partial charge in [0, 0.05) is 31.4 Å². The number of carbonyl (C=O) groups is 1. The first-order chi connectivity index (χ1) is 11.1. The van der Waals surface area contributed by atoms with Gasteiger partial charge in [-0.2, -0.15) is 0 Å². The summed E-state index contributed by atoms with van der Waals surface area (Å²) < 4.78 is 0. The Morgan fingerprint density at radius 3 is 3.09 bits per heavy atom. The van der Waals surface area contributed by atoms with Crippen LogP contribution in [0.1, 0.15) is 42.7 Å². The number of aryl methyl sites for hydroxylation is 1. The van der Waals surface area contributed by atoms with Gasteiger partial charge in [-0.05, 0) is 42.5 Å². The summed E-state index contributed by atoms with van der Waals surface area (Å²) in [6.45, 7) is 8.42. The molecule has 0 unspecified atom stereocenters. The predicted molar refractivity (Wildman–Crippen MR) is 88.0 cm³/mol. The Bertz CT molecular complexity index is 640. The summed E-state index contributed by atoms with van der Waals surface area (Å²) in [5.74, 6) is 0.211. The van der Waals surface area contributed by atoms with Crippen molar-refractivity contribution in [2.75, 3.05) is 6.54 Å². The third-order valence-corrected chi connectivity index (χ3v) is 4.56. The lowest BCUT2D eigenvalue weighted by atomic mass is 9.96. The van der Waals surface area contributed by atoms with E-state index in [4.69, 9.17) is 4.84 Å². The van der Waals surface area contributed by atoms with E-state index in [-0.39, 0.29) is 5.91 Å². The fourth-order valence-electron chi connectivity index (χ4n) is 3.04. The van der Waals surface area contributed by atoms with Crippen molar-refractivity contribution in [1.29, 1.82) is 0 Å². The van der Waals surface area contributed by atoms with Crippen LogP contribution in [-0.2, 0) is 29.1 Å². The molecular formula is C17H24N4O2. The number of hydrogen-bond acceptors (Lipinski definition) is 5. The largest absolute Gasteiger partial charge is 0.382 e. The second-order valence-corrected chi connectivity index (χ2v) is 6.51. The minimum absolute atomic E-state index is 0.102. The van der Waals surface area contributed by atoms with Crippen molar-refractivity contribution in [1.82, 2.24) is 15.6 Å². The molecule has 1 amide bonds.